The molecule has 18 heavy (non-hydrogen) atoms. The van der Waals surface area contributed by atoms with Crippen molar-refractivity contribution in [3.8, 4) is 0 Å². The summed E-state index contributed by atoms with van der Waals surface area (Å²) in [4.78, 5) is 6.77. The number of para-hydroxylation sites is 1. The van der Waals surface area contributed by atoms with Gasteiger partial charge < -0.3 is 5.11 Å². The van der Waals surface area contributed by atoms with E-state index in [1.807, 2.05) is 19.2 Å². The average Bonchev–Trinajstić information content (AvgIpc) is 2.69. The van der Waals surface area contributed by atoms with Crippen LogP contribution < -0.4 is 0 Å². The molecule has 2 heterocycles. The van der Waals surface area contributed by atoms with E-state index in [4.69, 9.17) is 0 Å². The van der Waals surface area contributed by atoms with E-state index in [1.165, 1.54) is 10.9 Å². The Hall–Kier alpha value is -1.45. The first-order chi connectivity index (χ1) is 8.64. The van der Waals surface area contributed by atoms with Gasteiger partial charge in [0.1, 0.15) is 0 Å². The van der Waals surface area contributed by atoms with Crippen molar-refractivity contribution in [2.45, 2.75) is 25.5 Å². The second kappa shape index (κ2) is 4.34. The number of pyridine rings is 1. The first kappa shape index (κ1) is 11.6. The van der Waals surface area contributed by atoms with Crippen LogP contribution in [0.4, 0.5) is 0 Å². The van der Waals surface area contributed by atoms with Crippen molar-refractivity contribution < 1.29 is 5.11 Å². The second-order valence-corrected chi connectivity index (χ2v) is 5.45. The molecule has 1 saturated heterocycles. The predicted octanol–water partition coefficient (Wildman–Crippen LogP) is 2.19. The second-order valence-electron chi connectivity index (χ2n) is 5.45. The molecule has 1 aliphatic heterocycles. The molecule has 3 heteroatoms. The maximum atomic E-state index is 10.00. The normalized spacial score (nSPS) is 24.8. The van der Waals surface area contributed by atoms with Gasteiger partial charge in [-0.05, 0) is 25.0 Å². The van der Waals surface area contributed by atoms with E-state index in [0.29, 0.717) is 0 Å². The van der Waals surface area contributed by atoms with Gasteiger partial charge in [-0.1, -0.05) is 24.3 Å². The molecule has 0 amide bonds. The van der Waals surface area contributed by atoms with E-state index >= 15 is 0 Å². The number of fused-ring (bicyclic) bond motifs is 1. The third-order valence-electron chi connectivity index (χ3n) is 3.64. The smallest absolute Gasteiger partial charge is 0.0758 e. The van der Waals surface area contributed by atoms with E-state index in [0.717, 1.165) is 31.6 Å². The Bertz CT molecular complexity index is 560. The van der Waals surface area contributed by atoms with Crippen LogP contribution in [0.3, 0.4) is 0 Å². The summed E-state index contributed by atoms with van der Waals surface area (Å²) in [6.07, 6.45) is 2.69. The summed E-state index contributed by atoms with van der Waals surface area (Å²) in [7, 11) is 0. The highest BCUT2D eigenvalue weighted by Crippen LogP contribution is 2.24. The molecule has 94 valence electrons. The Morgan fingerprint density at radius 3 is 2.94 bits per heavy atom. The Kier molecular flexibility index (Phi) is 2.80. The van der Waals surface area contributed by atoms with Gasteiger partial charge >= 0.3 is 0 Å². The van der Waals surface area contributed by atoms with Crippen molar-refractivity contribution in [2.24, 2.45) is 0 Å². The summed E-state index contributed by atoms with van der Waals surface area (Å²) in [6, 6.07) is 10.3. The van der Waals surface area contributed by atoms with Gasteiger partial charge in [0.05, 0.1) is 11.1 Å². The van der Waals surface area contributed by atoms with Crippen molar-refractivity contribution in [3.05, 3.63) is 42.1 Å². The number of hydrogen-bond acceptors (Lipinski definition) is 3. The minimum atomic E-state index is -0.530. The largest absolute Gasteiger partial charge is 0.389 e. The van der Waals surface area contributed by atoms with Crippen LogP contribution in [0.25, 0.3) is 10.9 Å². The van der Waals surface area contributed by atoms with Crippen molar-refractivity contribution in [1.29, 1.82) is 0 Å². The fraction of sp³-hybridized carbons (Fsp3) is 0.400. The van der Waals surface area contributed by atoms with E-state index in [1.54, 1.807) is 0 Å². The SMILES string of the molecule is CC1(O)CCN(Cc2cccc3cccnc23)C1. The highest BCUT2D eigenvalue weighted by Gasteiger charge is 2.31. The Morgan fingerprint density at radius 1 is 1.33 bits per heavy atom. The number of likely N-dealkylation sites (tertiary alicyclic amines) is 1. The minimum Gasteiger partial charge on any atom is -0.389 e. The van der Waals surface area contributed by atoms with Crippen molar-refractivity contribution in [1.82, 2.24) is 9.88 Å². The van der Waals surface area contributed by atoms with Crippen LogP contribution >= 0.6 is 0 Å². The van der Waals surface area contributed by atoms with Crippen LogP contribution in [-0.4, -0.2) is 33.7 Å². The molecule has 0 bridgehead atoms. The number of nitrogens with zero attached hydrogens (tertiary/aromatic N) is 2. The molecule has 1 atom stereocenters. The first-order valence-corrected chi connectivity index (χ1v) is 6.41. The predicted molar refractivity (Wildman–Crippen MR) is 72.3 cm³/mol. The first-order valence-electron chi connectivity index (χ1n) is 6.41. The Labute approximate surface area is 107 Å². The zero-order valence-corrected chi connectivity index (χ0v) is 10.6. The maximum absolute atomic E-state index is 10.00. The molecular formula is C15H18N2O. The molecule has 1 aromatic heterocycles. The lowest BCUT2D eigenvalue weighted by atomic mass is 10.1. The summed E-state index contributed by atoms with van der Waals surface area (Å²) in [6.45, 7) is 4.48. The van der Waals surface area contributed by atoms with Gasteiger partial charge in [-0.15, -0.1) is 0 Å². The number of hydrogen-bond donors (Lipinski definition) is 1. The van der Waals surface area contributed by atoms with Crippen LogP contribution in [0.2, 0.25) is 0 Å². The minimum absolute atomic E-state index is 0.530. The number of β-amino-alcohol motifs (C(OH)–C–C–N with tert-alkyl or cyclic N) is 1. The van der Waals surface area contributed by atoms with Gasteiger partial charge in [0.2, 0.25) is 0 Å². The summed E-state index contributed by atoms with van der Waals surface area (Å²) in [5.41, 5.74) is 1.79. The third-order valence-corrected chi connectivity index (χ3v) is 3.64. The van der Waals surface area contributed by atoms with E-state index in [9.17, 15) is 5.11 Å². The summed E-state index contributed by atoms with van der Waals surface area (Å²) < 4.78 is 0. The summed E-state index contributed by atoms with van der Waals surface area (Å²) in [5, 5.41) is 11.2. The lowest BCUT2D eigenvalue weighted by Crippen LogP contribution is -2.29. The van der Waals surface area contributed by atoms with Crippen LogP contribution in [0, 0.1) is 0 Å². The highest BCUT2D eigenvalue weighted by molar-refractivity contribution is 5.81. The van der Waals surface area contributed by atoms with Crippen molar-refractivity contribution in [3.63, 3.8) is 0 Å². The van der Waals surface area contributed by atoms with Crippen LogP contribution in [0.1, 0.15) is 18.9 Å². The molecule has 0 saturated carbocycles. The topological polar surface area (TPSA) is 36.4 Å². The molecule has 2 aromatic rings. The standard InChI is InChI=1S/C15H18N2O/c1-15(18)7-9-17(11-15)10-13-5-2-4-12-6-3-8-16-14(12)13/h2-6,8,18H,7,9-11H2,1H3. The molecule has 0 radical (unpaired) electrons. The number of benzene rings is 1. The van der Waals surface area contributed by atoms with Gasteiger partial charge in [0, 0.05) is 31.2 Å². The number of rotatable bonds is 2. The van der Waals surface area contributed by atoms with Crippen molar-refractivity contribution >= 4 is 10.9 Å². The van der Waals surface area contributed by atoms with Crippen LogP contribution in [0.5, 0.6) is 0 Å². The summed E-state index contributed by atoms with van der Waals surface area (Å²) >= 11 is 0. The average molecular weight is 242 g/mol. The molecule has 1 N–H and O–H groups in total. The van der Waals surface area contributed by atoms with Gasteiger partial charge in [-0.2, -0.15) is 0 Å². The van der Waals surface area contributed by atoms with E-state index in [-0.39, 0.29) is 0 Å². The van der Waals surface area contributed by atoms with Gasteiger partial charge in [0.25, 0.3) is 0 Å². The monoisotopic (exact) mass is 242 g/mol. The lowest BCUT2D eigenvalue weighted by Gasteiger charge is -2.19. The summed E-state index contributed by atoms with van der Waals surface area (Å²) in [5.74, 6) is 0. The van der Waals surface area contributed by atoms with Crippen molar-refractivity contribution in [2.75, 3.05) is 13.1 Å². The molecule has 0 aliphatic carbocycles. The molecule has 1 aromatic carbocycles. The third kappa shape index (κ3) is 2.24. The molecular weight excluding hydrogens is 224 g/mol. The zero-order chi connectivity index (χ0) is 12.6. The molecule has 3 nitrogen and oxygen atoms in total. The maximum Gasteiger partial charge on any atom is 0.0758 e. The van der Waals surface area contributed by atoms with Gasteiger partial charge in [0.15, 0.2) is 0 Å². The van der Waals surface area contributed by atoms with Gasteiger partial charge in [-0.3, -0.25) is 9.88 Å². The van der Waals surface area contributed by atoms with E-state index in [2.05, 4.69) is 34.1 Å². The molecule has 1 fully saturated rings. The molecule has 1 unspecified atom stereocenters. The Morgan fingerprint density at radius 2 is 2.17 bits per heavy atom. The molecule has 3 rings (SSSR count). The molecule has 0 spiro atoms. The Balaban J connectivity index is 1.87. The van der Waals surface area contributed by atoms with E-state index < -0.39 is 5.60 Å². The molecule has 1 aliphatic rings. The van der Waals surface area contributed by atoms with Crippen LogP contribution in [0.15, 0.2) is 36.5 Å². The highest BCUT2D eigenvalue weighted by atomic mass is 16.3. The number of aromatic nitrogens is 1. The fourth-order valence-corrected chi connectivity index (χ4v) is 2.71. The fourth-order valence-electron chi connectivity index (χ4n) is 2.71. The number of aliphatic hydroxyl groups is 1. The quantitative estimate of drug-likeness (QED) is 0.877. The zero-order valence-electron chi connectivity index (χ0n) is 10.6. The van der Waals surface area contributed by atoms with Crippen LogP contribution in [-0.2, 0) is 6.54 Å². The van der Waals surface area contributed by atoms with Gasteiger partial charge in [-0.25, -0.2) is 0 Å². The lowest BCUT2D eigenvalue weighted by molar-refractivity contribution is 0.0679.